The van der Waals surface area contributed by atoms with Crippen molar-refractivity contribution < 1.29 is 22.4 Å². The quantitative estimate of drug-likeness (QED) is 0.730. The maximum Gasteiger partial charge on any atom is 0.449 e. The van der Waals surface area contributed by atoms with E-state index >= 15 is 0 Å². The number of fused-ring (bicyclic) bond motifs is 1. The van der Waals surface area contributed by atoms with E-state index in [1.807, 2.05) is 0 Å². The average Bonchev–Trinajstić information content (AvgIpc) is 2.95. The Bertz CT molecular complexity index is 900. The number of aromatic nitrogens is 2. The summed E-state index contributed by atoms with van der Waals surface area (Å²) in [6, 6.07) is 11.2. The Balaban J connectivity index is 1.76. The van der Waals surface area contributed by atoms with Gasteiger partial charge >= 0.3 is 6.18 Å². The van der Waals surface area contributed by atoms with Crippen LogP contribution in [0.3, 0.4) is 0 Å². The van der Waals surface area contributed by atoms with Gasteiger partial charge in [-0.25, -0.2) is 9.37 Å². The lowest BCUT2D eigenvalue weighted by molar-refractivity contribution is -0.146. The molecule has 1 N–H and O–H groups in total. The predicted molar refractivity (Wildman–Crippen MR) is 83.5 cm³/mol. The fraction of sp³-hybridized carbons (Fsp3) is 0.176. The summed E-state index contributed by atoms with van der Waals surface area (Å²) >= 11 is 0. The van der Waals surface area contributed by atoms with Gasteiger partial charge in [0.2, 0.25) is 5.82 Å². The highest BCUT2D eigenvalue weighted by Gasteiger charge is 2.37. The molecular weight excluding hydrogens is 338 g/mol. The lowest BCUT2D eigenvalue weighted by Crippen LogP contribution is -2.28. The first-order chi connectivity index (χ1) is 11.9. The van der Waals surface area contributed by atoms with Crippen LogP contribution in [-0.2, 0) is 12.7 Å². The first kappa shape index (κ1) is 16.9. The molecule has 0 saturated carbocycles. The van der Waals surface area contributed by atoms with E-state index in [2.05, 4.69) is 10.3 Å². The number of carbonyl (C=O) groups is 1. The molecule has 25 heavy (non-hydrogen) atoms. The van der Waals surface area contributed by atoms with Crippen molar-refractivity contribution in [3.63, 3.8) is 0 Å². The normalized spacial score (nSPS) is 11.7. The third-order valence-corrected chi connectivity index (χ3v) is 3.64. The standard InChI is InChI=1S/C17H13F4N3O/c18-12-7-5-11(6-8-12)15(25)22-9-10-24-14-4-2-1-3-13(14)23-16(24)17(19,20)21/h1-8H,9-10H2,(H,22,25). The minimum atomic E-state index is -4.60. The number of hydrogen-bond donors (Lipinski definition) is 1. The summed E-state index contributed by atoms with van der Waals surface area (Å²) in [5.74, 6) is -1.97. The van der Waals surface area contributed by atoms with Crippen LogP contribution >= 0.6 is 0 Å². The van der Waals surface area contributed by atoms with Gasteiger partial charge in [-0.2, -0.15) is 13.2 Å². The van der Waals surface area contributed by atoms with Crippen molar-refractivity contribution in [2.75, 3.05) is 6.54 Å². The van der Waals surface area contributed by atoms with E-state index in [4.69, 9.17) is 0 Å². The minimum absolute atomic E-state index is 0.0281. The molecule has 0 fully saturated rings. The summed E-state index contributed by atoms with van der Waals surface area (Å²) in [6.45, 7) is -0.123. The Labute approximate surface area is 140 Å². The average molecular weight is 351 g/mol. The van der Waals surface area contributed by atoms with Crippen molar-refractivity contribution in [3.05, 3.63) is 65.7 Å². The van der Waals surface area contributed by atoms with Gasteiger partial charge in [-0.3, -0.25) is 4.79 Å². The van der Waals surface area contributed by atoms with E-state index in [-0.39, 0.29) is 24.2 Å². The van der Waals surface area contributed by atoms with Gasteiger partial charge in [-0.15, -0.1) is 0 Å². The number of nitrogens with one attached hydrogen (secondary N) is 1. The summed E-state index contributed by atoms with van der Waals surface area (Å²) in [5.41, 5.74) is 0.804. The highest BCUT2D eigenvalue weighted by atomic mass is 19.4. The highest BCUT2D eigenvalue weighted by molar-refractivity contribution is 5.94. The molecule has 0 aliphatic carbocycles. The second-order valence-electron chi connectivity index (χ2n) is 5.34. The Kier molecular flexibility index (Phi) is 4.43. The molecule has 0 bridgehead atoms. The van der Waals surface area contributed by atoms with E-state index in [1.165, 1.54) is 18.2 Å². The largest absolute Gasteiger partial charge is 0.449 e. The number of hydrogen-bond acceptors (Lipinski definition) is 2. The van der Waals surface area contributed by atoms with Crippen LogP contribution in [-0.4, -0.2) is 22.0 Å². The first-order valence-electron chi connectivity index (χ1n) is 7.42. The Morgan fingerprint density at radius 2 is 1.76 bits per heavy atom. The molecule has 0 saturated heterocycles. The first-order valence-corrected chi connectivity index (χ1v) is 7.42. The molecule has 3 rings (SSSR count). The molecule has 0 radical (unpaired) electrons. The summed E-state index contributed by atoms with van der Waals surface area (Å²) < 4.78 is 53.4. The molecule has 1 amide bonds. The molecule has 3 aromatic rings. The summed E-state index contributed by atoms with van der Waals surface area (Å²) in [6.07, 6.45) is -4.60. The van der Waals surface area contributed by atoms with E-state index < -0.39 is 23.7 Å². The number of rotatable bonds is 4. The van der Waals surface area contributed by atoms with Crippen molar-refractivity contribution in [1.82, 2.24) is 14.9 Å². The second kappa shape index (κ2) is 6.54. The smallest absolute Gasteiger partial charge is 0.350 e. The molecule has 130 valence electrons. The van der Waals surface area contributed by atoms with Crippen LogP contribution < -0.4 is 5.32 Å². The van der Waals surface area contributed by atoms with Gasteiger partial charge in [0.05, 0.1) is 11.0 Å². The van der Waals surface area contributed by atoms with Crippen LogP contribution in [0, 0.1) is 5.82 Å². The third kappa shape index (κ3) is 3.62. The van der Waals surface area contributed by atoms with Crippen LogP contribution in [0.15, 0.2) is 48.5 Å². The molecule has 2 aromatic carbocycles. The van der Waals surface area contributed by atoms with Crippen molar-refractivity contribution in [1.29, 1.82) is 0 Å². The summed E-state index contributed by atoms with van der Waals surface area (Å²) in [7, 11) is 0. The number of halogens is 4. The van der Waals surface area contributed by atoms with Crippen LogP contribution in [0.5, 0.6) is 0 Å². The highest BCUT2D eigenvalue weighted by Crippen LogP contribution is 2.31. The van der Waals surface area contributed by atoms with Crippen LogP contribution in [0.4, 0.5) is 17.6 Å². The number of para-hydroxylation sites is 2. The number of imidazole rings is 1. The molecule has 0 spiro atoms. The van der Waals surface area contributed by atoms with E-state index in [0.29, 0.717) is 5.52 Å². The van der Waals surface area contributed by atoms with Gasteiger partial charge in [0.25, 0.3) is 5.91 Å². The van der Waals surface area contributed by atoms with E-state index in [0.717, 1.165) is 16.7 Å². The van der Waals surface area contributed by atoms with E-state index in [1.54, 1.807) is 18.2 Å². The van der Waals surface area contributed by atoms with Gasteiger partial charge in [-0.1, -0.05) is 12.1 Å². The second-order valence-corrected chi connectivity index (χ2v) is 5.34. The molecule has 1 aromatic heterocycles. The van der Waals surface area contributed by atoms with Gasteiger partial charge in [0.15, 0.2) is 0 Å². The van der Waals surface area contributed by atoms with Crippen molar-refractivity contribution in [3.8, 4) is 0 Å². The van der Waals surface area contributed by atoms with E-state index in [9.17, 15) is 22.4 Å². The molecule has 0 atom stereocenters. The molecular formula is C17H13F4N3O. The number of nitrogens with zero attached hydrogens (tertiary/aromatic N) is 2. The van der Waals surface area contributed by atoms with Gasteiger partial charge in [-0.05, 0) is 36.4 Å². The zero-order valence-electron chi connectivity index (χ0n) is 12.8. The molecule has 4 nitrogen and oxygen atoms in total. The number of amides is 1. The predicted octanol–water partition coefficient (Wildman–Crippen LogP) is 3.62. The molecule has 1 heterocycles. The summed E-state index contributed by atoms with van der Waals surface area (Å²) in [4.78, 5) is 15.6. The van der Waals surface area contributed by atoms with Crippen LogP contribution in [0.25, 0.3) is 11.0 Å². The topological polar surface area (TPSA) is 46.9 Å². The minimum Gasteiger partial charge on any atom is -0.350 e. The zero-order chi connectivity index (χ0) is 18.0. The van der Waals surface area contributed by atoms with Crippen LogP contribution in [0.2, 0.25) is 0 Å². The lowest BCUT2D eigenvalue weighted by atomic mass is 10.2. The maximum absolute atomic E-state index is 13.2. The molecule has 0 aliphatic heterocycles. The SMILES string of the molecule is O=C(NCCn1c(C(F)(F)F)nc2ccccc21)c1ccc(F)cc1. The molecule has 0 aliphatic rings. The number of benzene rings is 2. The lowest BCUT2D eigenvalue weighted by Gasteiger charge is -2.12. The molecule has 0 unspecified atom stereocenters. The third-order valence-electron chi connectivity index (χ3n) is 3.64. The van der Waals surface area contributed by atoms with Gasteiger partial charge in [0, 0.05) is 18.7 Å². The fourth-order valence-corrected chi connectivity index (χ4v) is 2.50. The number of alkyl halides is 3. The van der Waals surface area contributed by atoms with Crippen molar-refractivity contribution in [2.45, 2.75) is 12.7 Å². The van der Waals surface area contributed by atoms with Crippen molar-refractivity contribution >= 4 is 16.9 Å². The van der Waals surface area contributed by atoms with Crippen LogP contribution in [0.1, 0.15) is 16.2 Å². The fourth-order valence-electron chi connectivity index (χ4n) is 2.50. The molecule has 8 heteroatoms. The Morgan fingerprint density at radius 1 is 1.08 bits per heavy atom. The maximum atomic E-state index is 13.2. The monoisotopic (exact) mass is 351 g/mol. The van der Waals surface area contributed by atoms with Crippen molar-refractivity contribution in [2.24, 2.45) is 0 Å². The van der Waals surface area contributed by atoms with Gasteiger partial charge < -0.3 is 9.88 Å². The Hall–Kier alpha value is -2.90. The number of carbonyl (C=O) groups excluding carboxylic acids is 1. The zero-order valence-corrected chi connectivity index (χ0v) is 12.8. The van der Waals surface area contributed by atoms with Gasteiger partial charge in [0.1, 0.15) is 5.82 Å². The Morgan fingerprint density at radius 3 is 2.44 bits per heavy atom. The summed E-state index contributed by atoms with van der Waals surface area (Å²) in [5, 5.41) is 2.52.